The van der Waals surface area contributed by atoms with Gasteiger partial charge in [-0.1, -0.05) is 0 Å². The van der Waals surface area contributed by atoms with Gasteiger partial charge >= 0.3 is 5.69 Å². The Balaban J connectivity index is 1.54. The van der Waals surface area contributed by atoms with Crippen molar-refractivity contribution >= 4 is 33.8 Å². The predicted octanol–water partition coefficient (Wildman–Crippen LogP) is 1.58. The molecule has 204 valence electrons. The van der Waals surface area contributed by atoms with Crippen LogP contribution in [0.15, 0.2) is 40.1 Å². The van der Waals surface area contributed by atoms with Gasteiger partial charge < -0.3 is 20.5 Å². The molecule has 1 saturated carbocycles. The van der Waals surface area contributed by atoms with E-state index in [0.29, 0.717) is 59.2 Å². The maximum absolute atomic E-state index is 14.1. The number of piperidine rings is 1. The summed E-state index contributed by atoms with van der Waals surface area (Å²) in [5, 5.41) is 3.07. The molecule has 2 fully saturated rings. The number of nitrogens with one attached hydrogen (secondary N) is 1. The molecule has 11 nitrogen and oxygen atoms in total. The molecule has 0 radical (unpaired) electrons. The van der Waals surface area contributed by atoms with Crippen LogP contribution in [0.2, 0.25) is 0 Å². The smallest absolute Gasteiger partial charge is 0.331 e. The Morgan fingerprint density at radius 2 is 1.92 bits per heavy atom. The lowest BCUT2D eigenvalue weighted by Crippen LogP contribution is -2.44. The number of aryl methyl sites for hydroxylation is 2. The molecule has 1 atom stereocenters. The molecule has 4 aromatic heterocycles. The van der Waals surface area contributed by atoms with Gasteiger partial charge in [0.25, 0.3) is 11.5 Å². The van der Waals surface area contributed by atoms with Gasteiger partial charge in [0, 0.05) is 45.5 Å². The van der Waals surface area contributed by atoms with Gasteiger partial charge in [-0.3, -0.25) is 23.7 Å². The molecule has 3 N–H and O–H groups in total. The van der Waals surface area contributed by atoms with Crippen LogP contribution in [0.1, 0.15) is 48.7 Å². The maximum Gasteiger partial charge on any atom is 0.331 e. The van der Waals surface area contributed by atoms with Crippen molar-refractivity contribution in [3.8, 4) is 0 Å². The molecule has 0 aromatic carbocycles. The van der Waals surface area contributed by atoms with Gasteiger partial charge in [0.2, 0.25) is 0 Å². The zero-order chi connectivity index (χ0) is 27.3. The minimum atomic E-state index is -0.494. The van der Waals surface area contributed by atoms with Crippen LogP contribution in [0.25, 0.3) is 22.1 Å². The number of carbonyl (C=O) groups excluding carboxylic acids is 1. The first-order chi connectivity index (χ1) is 18.9. The van der Waals surface area contributed by atoms with Gasteiger partial charge in [-0.2, -0.15) is 0 Å². The maximum atomic E-state index is 14.1. The Morgan fingerprint density at radius 1 is 1.10 bits per heavy atom. The van der Waals surface area contributed by atoms with Crippen LogP contribution in [0, 0.1) is 5.92 Å². The number of hydrogen-bond acceptors (Lipinski definition) is 7. The first-order valence-corrected chi connectivity index (χ1v) is 13.7. The summed E-state index contributed by atoms with van der Waals surface area (Å²) in [5.74, 6) is 0.894. The van der Waals surface area contributed by atoms with Crippen molar-refractivity contribution in [2.24, 2.45) is 18.7 Å². The van der Waals surface area contributed by atoms with Crippen molar-refractivity contribution in [3.05, 3.63) is 62.6 Å². The van der Waals surface area contributed by atoms with Crippen LogP contribution in [-0.2, 0) is 20.1 Å². The van der Waals surface area contributed by atoms with Gasteiger partial charge in [0.15, 0.2) is 0 Å². The number of anilines is 1. The third-order valence-electron chi connectivity index (χ3n) is 7.89. The van der Waals surface area contributed by atoms with E-state index in [9.17, 15) is 14.4 Å². The number of nitrogens with two attached hydrogens (primary N) is 1. The molecule has 0 bridgehead atoms. The van der Waals surface area contributed by atoms with Gasteiger partial charge in [0.1, 0.15) is 16.9 Å². The summed E-state index contributed by atoms with van der Waals surface area (Å²) in [6, 6.07) is 7.23. The van der Waals surface area contributed by atoms with E-state index in [-0.39, 0.29) is 18.5 Å². The highest BCUT2D eigenvalue weighted by Crippen LogP contribution is 2.33. The van der Waals surface area contributed by atoms with Crippen LogP contribution in [0.5, 0.6) is 0 Å². The highest BCUT2D eigenvalue weighted by atomic mass is 16.2. The van der Waals surface area contributed by atoms with Crippen molar-refractivity contribution in [3.63, 3.8) is 0 Å². The molecular weight excluding hydrogens is 496 g/mol. The van der Waals surface area contributed by atoms with Crippen molar-refractivity contribution in [1.29, 1.82) is 0 Å². The molecule has 6 rings (SSSR count). The van der Waals surface area contributed by atoms with Crippen LogP contribution in [-0.4, -0.2) is 55.3 Å². The first-order valence-electron chi connectivity index (χ1n) is 13.7. The number of pyridine rings is 2. The number of hydrogen-bond donors (Lipinski definition) is 2. The van der Waals surface area contributed by atoms with E-state index < -0.39 is 11.2 Å². The minimum Gasteiger partial charge on any atom is -0.356 e. The second-order valence-corrected chi connectivity index (χ2v) is 10.7. The lowest BCUT2D eigenvalue weighted by atomic mass is 10.1. The lowest BCUT2D eigenvalue weighted by molar-refractivity contribution is 0.0953. The van der Waals surface area contributed by atoms with Gasteiger partial charge in [0.05, 0.1) is 28.8 Å². The number of nitrogens with zero attached hydrogens (tertiary/aromatic N) is 6. The molecule has 0 spiro atoms. The Hall–Kier alpha value is -3.99. The fourth-order valence-electron chi connectivity index (χ4n) is 5.71. The monoisotopic (exact) mass is 530 g/mol. The molecular formula is C28H34N8O3. The summed E-state index contributed by atoms with van der Waals surface area (Å²) in [4.78, 5) is 52.5. The van der Waals surface area contributed by atoms with Gasteiger partial charge in [-0.25, -0.2) is 9.78 Å². The summed E-state index contributed by atoms with van der Waals surface area (Å²) in [7, 11) is 1.63. The molecule has 1 amide bonds. The fraction of sp³-hybridized carbons (Fsp3) is 0.464. The average Bonchev–Trinajstić information content (AvgIpc) is 3.71. The van der Waals surface area contributed by atoms with Crippen molar-refractivity contribution < 1.29 is 4.79 Å². The molecule has 1 saturated heterocycles. The highest BCUT2D eigenvalue weighted by Gasteiger charge is 2.33. The van der Waals surface area contributed by atoms with E-state index in [1.807, 2.05) is 23.6 Å². The Morgan fingerprint density at radius 3 is 2.67 bits per heavy atom. The van der Waals surface area contributed by atoms with Crippen molar-refractivity contribution in [1.82, 2.24) is 29.0 Å². The highest BCUT2D eigenvalue weighted by molar-refractivity contribution is 6.11. The Labute approximate surface area is 225 Å². The summed E-state index contributed by atoms with van der Waals surface area (Å²) in [6.45, 7) is 4.31. The SMILES string of the molecule is CCn1c(N2CCC[C@@H](N)C2)c(C(=O)NCC2CC2)c2c1c(=O)n(Cc1ccc3ncccc3n1)c(=O)n2C. The quantitative estimate of drug-likeness (QED) is 0.371. The molecule has 4 aromatic rings. The number of carbonyl (C=O) groups is 1. The topological polar surface area (TPSA) is 133 Å². The molecule has 11 heteroatoms. The second-order valence-electron chi connectivity index (χ2n) is 10.7. The molecule has 5 heterocycles. The molecule has 0 unspecified atom stereocenters. The third kappa shape index (κ3) is 4.50. The predicted molar refractivity (Wildman–Crippen MR) is 150 cm³/mol. The van der Waals surface area contributed by atoms with E-state index in [1.54, 1.807) is 25.4 Å². The molecule has 1 aliphatic carbocycles. The van der Waals surface area contributed by atoms with Gasteiger partial charge in [-0.15, -0.1) is 0 Å². The van der Waals surface area contributed by atoms with E-state index in [4.69, 9.17) is 5.73 Å². The van der Waals surface area contributed by atoms with E-state index >= 15 is 0 Å². The normalized spacial score (nSPS) is 17.7. The zero-order valence-corrected chi connectivity index (χ0v) is 22.4. The summed E-state index contributed by atoms with van der Waals surface area (Å²) in [5.41, 5.74) is 8.48. The zero-order valence-electron chi connectivity index (χ0n) is 22.4. The van der Waals surface area contributed by atoms with Crippen molar-refractivity contribution in [2.75, 3.05) is 24.5 Å². The average molecular weight is 531 g/mol. The standard InChI is InChI=1S/C28H34N8O3/c1-3-35-24-23(22(25(37)31-14-17-8-9-17)26(35)34-13-5-6-18(29)15-34)33(2)28(39)36(27(24)38)16-19-10-11-20-21(32-19)7-4-12-30-20/h4,7,10-12,17-18H,3,5-6,8-9,13-16,29H2,1-2H3,(H,31,37)/t18-/m1/s1. The summed E-state index contributed by atoms with van der Waals surface area (Å²) in [6.07, 6.45) is 5.70. The van der Waals surface area contributed by atoms with E-state index in [2.05, 4.69) is 20.2 Å². The van der Waals surface area contributed by atoms with Crippen molar-refractivity contribution in [2.45, 2.75) is 51.7 Å². The molecule has 2 aliphatic rings. The van der Waals surface area contributed by atoms with Crippen LogP contribution >= 0.6 is 0 Å². The molecule has 1 aliphatic heterocycles. The second kappa shape index (κ2) is 9.96. The van der Waals surface area contributed by atoms with Crippen LogP contribution in [0.4, 0.5) is 5.82 Å². The first kappa shape index (κ1) is 25.3. The number of rotatable bonds is 7. The number of aromatic nitrogens is 5. The molecule has 39 heavy (non-hydrogen) atoms. The lowest BCUT2D eigenvalue weighted by Gasteiger charge is -2.33. The van der Waals surface area contributed by atoms with Gasteiger partial charge in [-0.05, 0) is 62.8 Å². The number of fused-ring (bicyclic) bond motifs is 2. The van der Waals surface area contributed by atoms with E-state index in [0.717, 1.165) is 37.7 Å². The minimum absolute atomic E-state index is 0.00824. The summed E-state index contributed by atoms with van der Waals surface area (Å²) >= 11 is 0. The largest absolute Gasteiger partial charge is 0.356 e. The fourth-order valence-corrected chi connectivity index (χ4v) is 5.71. The Kier molecular flexibility index (Phi) is 6.46. The van der Waals surface area contributed by atoms with E-state index in [1.165, 1.54) is 9.13 Å². The number of amides is 1. The third-order valence-corrected chi connectivity index (χ3v) is 7.89. The van der Waals surface area contributed by atoms with Crippen LogP contribution < -0.4 is 27.2 Å². The van der Waals surface area contributed by atoms with Crippen LogP contribution in [0.3, 0.4) is 0 Å². The Bertz CT molecular complexity index is 1700. The summed E-state index contributed by atoms with van der Waals surface area (Å²) < 4.78 is 4.52.